The van der Waals surface area contributed by atoms with Crippen LogP contribution in [0.5, 0.6) is 0 Å². The van der Waals surface area contributed by atoms with E-state index in [0.29, 0.717) is 5.02 Å². The van der Waals surface area contributed by atoms with Crippen molar-refractivity contribution in [3.05, 3.63) is 28.2 Å². The maximum absolute atomic E-state index is 13.0. The molecule has 1 fully saturated rings. The molecule has 0 saturated carbocycles. The van der Waals surface area contributed by atoms with Gasteiger partial charge in [-0.15, -0.1) is 0 Å². The number of hydrogen-bond acceptors (Lipinski definition) is 6. The van der Waals surface area contributed by atoms with Gasteiger partial charge in [0.1, 0.15) is 4.90 Å². The maximum atomic E-state index is 13.0. The monoisotopic (exact) mass is 517 g/mol. The summed E-state index contributed by atoms with van der Waals surface area (Å²) in [5.41, 5.74) is -0.893. The normalized spacial score (nSPS) is 18.3. The first-order chi connectivity index (χ1) is 13.4. The van der Waals surface area contributed by atoms with Crippen molar-refractivity contribution in [1.29, 1.82) is 0 Å². The number of rotatable bonds is 8. The van der Waals surface area contributed by atoms with E-state index >= 15 is 0 Å². The number of hydrogen-bond donors (Lipinski definition) is 0. The Morgan fingerprint density at radius 1 is 1.13 bits per heavy atom. The summed E-state index contributed by atoms with van der Waals surface area (Å²) < 4.78 is 62.5. The molecule has 1 saturated heterocycles. The lowest BCUT2D eigenvalue weighted by molar-refractivity contribution is 0.0316. The topological polar surface area (TPSA) is 90.0 Å². The predicted molar refractivity (Wildman–Crippen MR) is 122 cm³/mol. The van der Waals surface area contributed by atoms with Gasteiger partial charge >= 0.3 is 0 Å². The quantitative estimate of drug-likeness (QED) is 0.382. The molecular weight excluding hydrogens is 489 g/mol. The van der Waals surface area contributed by atoms with Crippen LogP contribution in [0.4, 0.5) is 0 Å². The maximum Gasteiger partial charge on any atom is 0.267 e. The molecule has 172 valence electrons. The summed E-state index contributed by atoms with van der Waals surface area (Å²) in [6.07, 6.45) is 0. The Morgan fingerprint density at radius 2 is 1.70 bits per heavy atom. The highest BCUT2D eigenvalue weighted by atomic mass is 35.5. The summed E-state index contributed by atoms with van der Waals surface area (Å²) in [5, 5.41) is 0.272. The van der Waals surface area contributed by atoms with Crippen LogP contribution in [0, 0.1) is 5.41 Å². The van der Waals surface area contributed by atoms with Gasteiger partial charge in [-0.2, -0.15) is 12.7 Å². The Labute approximate surface area is 190 Å². The number of halogens is 2. The van der Waals surface area contributed by atoms with Crippen molar-refractivity contribution in [1.82, 2.24) is 4.31 Å². The van der Waals surface area contributed by atoms with Gasteiger partial charge in [0.2, 0.25) is 10.0 Å². The summed E-state index contributed by atoms with van der Waals surface area (Å²) in [6, 6.07) is 4.15. The second kappa shape index (κ2) is 8.62. The Hall–Kier alpha value is -0.203. The van der Waals surface area contributed by atoms with Crippen molar-refractivity contribution < 1.29 is 25.4 Å². The fraction of sp³-hybridized carbons (Fsp3) is 0.667. The molecule has 1 aliphatic rings. The van der Waals surface area contributed by atoms with Gasteiger partial charge in [0.25, 0.3) is 10.1 Å². The third-order valence-electron chi connectivity index (χ3n) is 5.82. The van der Waals surface area contributed by atoms with E-state index in [1.165, 1.54) is 22.5 Å². The molecule has 1 heterocycles. The van der Waals surface area contributed by atoms with Crippen LogP contribution >= 0.6 is 23.2 Å². The van der Waals surface area contributed by atoms with Crippen molar-refractivity contribution in [2.45, 2.75) is 43.8 Å². The molecule has 0 amide bonds. The lowest BCUT2D eigenvalue weighted by atomic mass is 9.85. The van der Waals surface area contributed by atoms with E-state index in [0.717, 1.165) is 7.11 Å². The summed E-state index contributed by atoms with van der Waals surface area (Å²) in [7, 11) is -8.79. The smallest absolute Gasteiger partial charge is 0.267 e. The lowest BCUT2D eigenvalue weighted by Gasteiger charge is -2.50. The van der Waals surface area contributed by atoms with E-state index in [-0.39, 0.29) is 40.4 Å². The van der Waals surface area contributed by atoms with E-state index in [1.54, 1.807) is 0 Å². The molecule has 0 aliphatic carbocycles. The number of benzene rings is 1. The Kier molecular flexibility index (Phi) is 7.49. The van der Waals surface area contributed by atoms with Gasteiger partial charge in [0.05, 0.1) is 17.9 Å². The molecule has 0 N–H and O–H groups in total. The van der Waals surface area contributed by atoms with Crippen LogP contribution in [0.2, 0.25) is 28.2 Å². The van der Waals surface area contributed by atoms with Crippen LogP contribution in [0.15, 0.2) is 23.1 Å². The van der Waals surface area contributed by atoms with Crippen LogP contribution in [-0.4, -0.2) is 62.0 Å². The number of sulfonamides is 1. The molecule has 1 aliphatic heterocycles. The van der Waals surface area contributed by atoms with Crippen LogP contribution in [0.3, 0.4) is 0 Å². The summed E-state index contributed by atoms with van der Waals surface area (Å²) in [5.74, 6) is -0.328. The van der Waals surface area contributed by atoms with Crippen molar-refractivity contribution in [3.63, 3.8) is 0 Å². The van der Waals surface area contributed by atoms with Gasteiger partial charge in [0.15, 0.2) is 8.32 Å². The third kappa shape index (κ3) is 5.58. The molecule has 0 radical (unpaired) electrons. The van der Waals surface area contributed by atoms with Crippen LogP contribution in [0.25, 0.3) is 0 Å². The van der Waals surface area contributed by atoms with Gasteiger partial charge in [-0.1, -0.05) is 44.0 Å². The molecule has 0 unspecified atom stereocenters. The molecule has 0 bridgehead atoms. The van der Waals surface area contributed by atoms with E-state index in [2.05, 4.69) is 38.0 Å². The zero-order valence-corrected chi connectivity index (χ0v) is 22.2. The van der Waals surface area contributed by atoms with Gasteiger partial charge in [-0.25, -0.2) is 8.42 Å². The molecule has 12 heteroatoms. The fourth-order valence-electron chi connectivity index (χ4n) is 2.90. The predicted octanol–water partition coefficient (Wildman–Crippen LogP) is 3.98. The zero-order valence-electron chi connectivity index (χ0n) is 18.0. The Bertz CT molecular complexity index is 1000. The SMILES string of the molecule is COS(=O)(=O)CC1(CO[Si](C)(C)C(C)(C)C)CN(S(=O)(=O)c2ccc(Cl)cc2Cl)C1. The van der Waals surface area contributed by atoms with Crippen molar-refractivity contribution in [2.75, 3.05) is 32.6 Å². The molecule has 0 spiro atoms. The zero-order chi connectivity index (χ0) is 23.2. The number of nitrogens with zero attached hydrogens (tertiary/aromatic N) is 1. The minimum atomic E-state index is -3.90. The second-order valence-corrected chi connectivity index (χ2v) is 18.6. The van der Waals surface area contributed by atoms with E-state index in [4.69, 9.17) is 27.6 Å². The Balaban J connectivity index is 2.28. The molecule has 2 rings (SSSR count). The summed E-state index contributed by atoms with van der Waals surface area (Å²) in [4.78, 5) is -0.0675. The largest absolute Gasteiger partial charge is 0.416 e. The van der Waals surface area contributed by atoms with Gasteiger partial charge < -0.3 is 4.43 Å². The lowest BCUT2D eigenvalue weighted by Crippen LogP contribution is -2.64. The first kappa shape index (κ1) is 26.1. The molecule has 1 aromatic carbocycles. The standard InChI is InChI=1S/C18H29Cl2NO6S2Si/c1-17(2,3)30(5,6)27-12-18(13-28(22,23)26-4)10-21(11-18)29(24,25)16-8-7-14(19)9-15(16)20/h7-9H,10-13H2,1-6H3. The average Bonchev–Trinajstić information content (AvgIpc) is 2.55. The van der Waals surface area contributed by atoms with Gasteiger partial charge in [-0.05, 0) is 36.3 Å². The minimum absolute atomic E-state index is 0.00843. The highest BCUT2D eigenvalue weighted by molar-refractivity contribution is 7.89. The van der Waals surface area contributed by atoms with Gasteiger partial charge in [0, 0.05) is 30.1 Å². The highest BCUT2D eigenvalue weighted by Gasteiger charge is 2.53. The minimum Gasteiger partial charge on any atom is -0.416 e. The summed E-state index contributed by atoms with van der Waals surface area (Å²) >= 11 is 11.9. The van der Waals surface area contributed by atoms with Crippen molar-refractivity contribution >= 4 is 51.7 Å². The van der Waals surface area contributed by atoms with Crippen LogP contribution in [-0.2, 0) is 28.8 Å². The fourth-order valence-corrected chi connectivity index (χ4v) is 7.55. The van der Waals surface area contributed by atoms with E-state index < -0.39 is 33.9 Å². The summed E-state index contributed by atoms with van der Waals surface area (Å²) in [6.45, 7) is 10.5. The molecule has 0 aromatic heterocycles. The molecule has 1 aromatic rings. The molecule has 7 nitrogen and oxygen atoms in total. The van der Waals surface area contributed by atoms with Crippen LogP contribution < -0.4 is 0 Å². The molecule has 0 atom stereocenters. The second-order valence-electron chi connectivity index (χ2n) is 9.27. The first-order valence-electron chi connectivity index (χ1n) is 9.32. The third-order valence-corrected chi connectivity index (χ3v) is 14.3. The Morgan fingerprint density at radius 3 is 2.17 bits per heavy atom. The van der Waals surface area contributed by atoms with Gasteiger partial charge in [-0.3, -0.25) is 4.18 Å². The first-order valence-corrected chi connectivity index (χ1v) is 16.0. The average molecular weight is 519 g/mol. The molecule has 30 heavy (non-hydrogen) atoms. The highest BCUT2D eigenvalue weighted by Crippen LogP contribution is 2.42. The van der Waals surface area contributed by atoms with Crippen molar-refractivity contribution in [3.8, 4) is 0 Å². The van der Waals surface area contributed by atoms with E-state index in [1.807, 2.05) is 0 Å². The van der Waals surface area contributed by atoms with E-state index in [9.17, 15) is 16.8 Å². The van der Waals surface area contributed by atoms with Crippen LogP contribution in [0.1, 0.15) is 20.8 Å². The molecular formula is C18H29Cl2NO6S2Si. The van der Waals surface area contributed by atoms with Crippen molar-refractivity contribution in [2.24, 2.45) is 5.41 Å².